The molecule has 1 fully saturated rings. The van der Waals surface area contributed by atoms with Gasteiger partial charge in [0.25, 0.3) is 0 Å². The Labute approximate surface area is 127 Å². The van der Waals surface area contributed by atoms with Crippen LogP contribution in [0.4, 0.5) is 0 Å². The molecule has 0 saturated heterocycles. The van der Waals surface area contributed by atoms with E-state index in [2.05, 4.69) is 0 Å². The zero-order valence-electron chi connectivity index (χ0n) is 11.9. The van der Waals surface area contributed by atoms with E-state index in [0.717, 1.165) is 12.8 Å². The lowest BCUT2D eigenvalue weighted by Gasteiger charge is -2.27. The van der Waals surface area contributed by atoms with Crippen molar-refractivity contribution in [2.24, 2.45) is 5.92 Å². The molecule has 0 bridgehead atoms. The second kappa shape index (κ2) is 6.92. The van der Waals surface area contributed by atoms with Crippen LogP contribution in [0.1, 0.15) is 37.7 Å². The van der Waals surface area contributed by atoms with Crippen LogP contribution in [-0.4, -0.2) is 26.3 Å². The predicted octanol–water partition coefficient (Wildman–Crippen LogP) is 3.63. The Morgan fingerprint density at radius 1 is 1.20 bits per heavy atom. The molecule has 3 nitrogen and oxygen atoms in total. The molecule has 0 unspecified atom stereocenters. The highest BCUT2D eigenvalue weighted by atomic mass is 35.5. The Hall–Kier alpha value is -0.580. The van der Waals surface area contributed by atoms with E-state index < -0.39 is 10.0 Å². The van der Waals surface area contributed by atoms with Crippen molar-refractivity contribution in [1.29, 1.82) is 0 Å². The summed E-state index contributed by atoms with van der Waals surface area (Å²) >= 11 is 5.85. The van der Waals surface area contributed by atoms with Crippen molar-refractivity contribution in [2.75, 3.05) is 13.6 Å². The first-order valence-corrected chi connectivity index (χ1v) is 9.13. The largest absolute Gasteiger partial charge is 0.243 e. The Bertz CT molecular complexity index is 539. The van der Waals surface area contributed by atoms with Crippen molar-refractivity contribution in [1.82, 2.24) is 4.31 Å². The van der Waals surface area contributed by atoms with Crippen LogP contribution in [0.25, 0.3) is 0 Å². The minimum Gasteiger partial charge on any atom is -0.207 e. The molecule has 1 aliphatic carbocycles. The summed E-state index contributed by atoms with van der Waals surface area (Å²) in [6, 6.07) is 6.98. The van der Waals surface area contributed by atoms with Crippen molar-refractivity contribution < 1.29 is 8.42 Å². The molecule has 5 heteroatoms. The number of benzene rings is 1. The molecule has 0 radical (unpaired) electrons. The van der Waals surface area contributed by atoms with Gasteiger partial charge >= 0.3 is 0 Å². The molecule has 0 amide bonds. The maximum absolute atomic E-state index is 12.7. The molecule has 0 atom stereocenters. The summed E-state index contributed by atoms with van der Waals surface area (Å²) in [6.45, 7) is 0.610. The highest BCUT2D eigenvalue weighted by Gasteiger charge is 2.26. The molecule has 1 aromatic carbocycles. The molecule has 112 valence electrons. The summed E-state index contributed by atoms with van der Waals surface area (Å²) < 4.78 is 26.8. The monoisotopic (exact) mass is 315 g/mol. The summed E-state index contributed by atoms with van der Waals surface area (Å²) in [5.41, 5.74) is 0.671. The Morgan fingerprint density at radius 2 is 1.85 bits per heavy atom. The Balaban J connectivity index is 2.16. The molecule has 0 aromatic heterocycles. The van der Waals surface area contributed by atoms with Crippen LogP contribution in [-0.2, 0) is 15.9 Å². The van der Waals surface area contributed by atoms with E-state index in [1.54, 1.807) is 25.2 Å². The summed E-state index contributed by atoms with van der Waals surface area (Å²) in [5, 5.41) is 0. The van der Waals surface area contributed by atoms with Crippen LogP contribution in [0, 0.1) is 5.92 Å². The van der Waals surface area contributed by atoms with Crippen LogP contribution < -0.4 is 0 Å². The molecular weight excluding hydrogens is 294 g/mol. The number of hydrogen-bond donors (Lipinski definition) is 0. The topological polar surface area (TPSA) is 37.4 Å². The maximum Gasteiger partial charge on any atom is 0.243 e. The third-order valence-electron chi connectivity index (χ3n) is 4.04. The molecular formula is C15H22ClNO2S. The average molecular weight is 316 g/mol. The van der Waals surface area contributed by atoms with E-state index in [4.69, 9.17) is 11.6 Å². The van der Waals surface area contributed by atoms with E-state index in [0.29, 0.717) is 22.9 Å². The molecule has 20 heavy (non-hydrogen) atoms. The SMILES string of the molecule is CN(CC1CCCCC1)S(=O)(=O)c1ccccc1CCl. The molecule has 0 N–H and O–H groups in total. The minimum absolute atomic E-state index is 0.215. The van der Waals surface area contributed by atoms with Crippen molar-refractivity contribution in [3.05, 3.63) is 29.8 Å². The smallest absolute Gasteiger partial charge is 0.207 e. The van der Waals surface area contributed by atoms with Crippen molar-refractivity contribution in [2.45, 2.75) is 42.9 Å². The van der Waals surface area contributed by atoms with E-state index in [1.165, 1.54) is 23.6 Å². The maximum atomic E-state index is 12.7. The summed E-state index contributed by atoms with van der Waals surface area (Å²) in [7, 11) is -1.76. The van der Waals surface area contributed by atoms with Gasteiger partial charge in [-0.1, -0.05) is 37.5 Å². The van der Waals surface area contributed by atoms with E-state index in [-0.39, 0.29) is 5.88 Å². The van der Waals surface area contributed by atoms with Gasteiger partial charge in [-0.25, -0.2) is 12.7 Å². The van der Waals surface area contributed by atoms with E-state index >= 15 is 0 Å². The van der Waals surface area contributed by atoms with Crippen LogP contribution in [0.3, 0.4) is 0 Å². The normalized spacial score (nSPS) is 17.6. The fraction of sp³-hybridized carbons (Fsp3) is 0.600. The number of rotatable bonds is 5. The number of nitrogens with zero attached hydrogens (tertiary/aromatic N) is 1. The van der Waals surface area contributed by atoms with Gasteiger partial charge in [-0.05, 0) is 30.4 Å². The van der Waals surface area contributed by atoms with Crippen LogP contribution in [0.5, 0.6) is 0 Å². The molecule has 1 aliphatic rings. The standard InChI is InChI=1S/C15H22ClNO2S/c1-17(12-13-7-3-2-4-8-13)20(18,19)15-10-6-5-9-14(15)11-16/h5-6,9-10,13H,2-4,7-8,11-12H2,1H3. The zero-order valence-corrected chi connectivity index (χ0v) is 13.5. The van der Waals surface area contributed by atoms with Gasteiger partial charge < -0.3 is 0 Å². The van der Waals surface area contributed by atoms with Crippen LogP contribution in [0.2, 0.25) is 0 Å². The molecule has 1 aromatic rings. The van der Waals surface area contributed by atoms with Crippen molar-refractivity contribution in [3.63, 3.8) is 0 Å². The van der Waals surface area contributed by atoms with Gasteiger partial charge in [0.1, 0.15) is 0 Å². The van der Waals surface area contributed by atoms with Gasteiger partial charge in [-0.15, -0.1) is 11.6 Å². The number of halogens is 1. The van der Waals surface area contributed by atoms with E-state index in [1.807, 2.05) is 6.07 Å². The Kier molecular flexibility index (Phi) is 5.47. The summed E-state index contributed by atoms with van der Waals surface area (Å²) in [5.74, 6) is 0.707. The molecule has 1 saturated carbocycles. The first-order valence-electron chi connectivity index (χ1n) is 7.16. The minimum atomic E-state index is -3.43. The lowest BCUT2D eigenvalue weighted by atomic mass is 9.89. The van der Waals surface area contributed by atoms with Gasteiger partial charge in [-0.3, -0.25) is 0 Å². The second-order valence-corrected chi connectivity index (χ2v) is 7.81. The predicted molar refractivity (Wildman–Crippen MR) is 82.4 cm³/mol. The van der Waals surface area contributed by atoms with E-state index in [9.17, 15) is 8.42 Å². The highest BCUT2D eigenvalue weighted by Crippen LogP contribution is 2.27. The molecule has 2 rings (SSSR count). The lowest BCUT2D eigenvalue weighted by molar-refractivity contribution is 0.300. The number of hydrogen-bond acceptors (Lipinski definition) is 2. The molecule has 0 aliphatic heterocycles. The van der Waals surface area contributed by atoms with Gasteiger partial charge in [0, 0.05) is 19.5 Å². The number of alkyl halides is 1. The zero-order chi connectivity index (χ0) is 14.6. The van der Waals surface area contributed by atoms with Crippen LogP contribution in [0.15, 0.2) is 29.2 Å². The fourth-order valence-corrected chi connectivity index (χ4v) is 4.64. The van der Waals surface area contributed by atoms with Gasteiger partial charge in [0.15, 0.2) is 0 Å². The lowest BCUT2D eigenvalue weighted by Crippen LogP contribution is -2.33. The van der Waals surface area contributed by atoms with Crippen molar-refractivity contribution >= 4 is 21.6 Å². The Morgan fingerprint density at radius 3 is 2.50 bits per heavy atom. The third kappa shape index (κ3) is 3.54. The quantitative estimate of drug-likeness (QED) is 0.778. The van der Waals surface area contributed by atoms with Gasteiger partial charge in [-0.2, -0.15) is 0 Å². The third-order valence-corrected chi connectivity index (χ3v) is 6.26. The molecule has 0 heterocycles. The average Bonchev–Trinajstić information content (AvgIpc) is 2.48. The van der Waals surface area contributed by atoms with Gasteiger partial charge in [0.05, 0.1) is 4.90 Å². The first-order chi connectivity index (χ1) is 9.55. The number of sulfonamides is 1. The summed E-state index contributed by atoms with van der Waals surface area (Å²) in [4.78, 5) is 0.341. The van der Waals surface area contributed by atoms with Crippen molar-refractivity contribution in [3.8, 4) is 0 Å². The highest BCUT2D eigenvalue weighted by molar-refractivity contribution is 7.89. The second-order valence-electron chi connectivity index (χ2n) is 5.53. The van der Waals surface area contributed by atoms with Gasteiger partial charge in [0.2, 0.25) is 10.0 Å². The fourth-order valence-electron chi connectivity index (χ4n) is 2.87. The first kappa shape index (κ1) is 15.8. The van der Waals surface area contributed by atoms with Crippen LogP contribution >= 0.6 is 11.6 Å². The summed E-state index contributed by atoms with van der Waals surface area (Å²) in [6.07, 6.45) is 5.99. The molecule has 0 spiro atoms.